The SMILES string of the molecule is Cc1cc(C)cc(-n2nnnc2C2(NC(=O)Nc3ccccc3)CCC(C)CC2)c1. The molecule has 2 amide bonds. The average molecular weight is 405 g/mol. The predicted octanol–water partition coefficient (Wildman–Crippen LogP) is 4.51. The van der Waals surface area contributed by atoms with Gasteiger partial charge in [-0.25, -0.2) is 4.79 Å². The van der Waals surface area contributed by atoms with Crippen LogP contribution in [-0.4, -0.2) is 26.2 Å². The smallest absolute Gasteiger partial charge is 0.320 e. The zero-order valence-electron chi connectivity index (χ0n) is 17.7. The van der Waals surface area contributed by atoms with Gasteiger partial charge in [-0.2, -0.15) is 4.68 Å². The van der Waals surface area contributed by atoms with Gasteiger partial charge in [0.25, 0.3) is 0 Å². The summed E-state index contributed by atoms with van der Waals surface area (Å²) < 4.78 is 1.78. The van der Waals surface area contributed by atoms with Crippen molar-refractivity contribution < 1.29 is 4.79 Å². The first kappa shape index (κ1) is 20.1. The standard InChI is InChI=1S/C23H28N6O/c1-16-9-11-23(12-10-16,25-22(30)24-19-7-5-4-6-8-19)21-26-27-28-29(21)20-14-17(2)13-18(3)15-20/h4-8,13-16H,9-12H2,1-3H3,(H2,24,25,30). The molecule has 1 saturated carbocycles. The van der Waals surface area contributed by atoms with E-state index in [0.717, 1.165) is 48.2 Å². The molecule has 3 aromatic rings. The highest BCUT2D eigenvalue weighted by molar-refractivity contribution is 5.89. The molecule has 0 bridgehead atoms. The maximum Gasteiger partial charge on any atom is 0.320 e. The first-order valence-corrected chi connectivity index (χ1v) is 10.5. The van der Waals surface area contributed by atoms with Crippen LogP contribution in [0.2, 0.25) is 0 Å². The fourth-order valence-electron chi connectivity index (χ4n) is 4.29. The molecule has 0 aliphatic heterocycles. The van der Waals surface area contributed by atoms with E-state index in [1.54, 1.807) is 4.68 Å². The average Bonchev–Trinajstić information content (AvgIpc) is 3.21. The topological polar surface area (TPSA) is 84.7 Å². The van der Waals surface area contributed by atoms with Gasteiger partial charge in [0.05, 0.1) is 5.69 Å². The number of carbonyl (C=O) groups is 1. The largest absolute Gasteiger partial charge is 0.325 e. The molecule has 2 aromatic carbocycles. The number of anilines is 1. The lowest BCUT2D eigenvalue weighted by Gasteiger charge is -2.38. The van der Waals surface area contributed by atoms with Crippen molar-refractivity contribution in [2.75, 3.05) is 5.32 Å². The summed E-state index contributed by atoms with van der Waals surface area (Å²) in [6.07, 6.45) is 3.60. The van der Waals surface area contributed by atoms with Crippen LogP contribution < -0.4 is 10.6 Å². The fourth-order valence-corrected chi connectivity index (χ4v) is 4.29. The van der Waals surface area contributed by atoms with Crippen LogP contribution in [0.25, 0.3) is 5.69 Å². The lowest BCUT2D eigenvalue weighted by atomic mass is 9.76. The number of amides is 2. The van der Waals surface area contributed by atoms with E-state index in [2.05, 4.69) is 65.1 Å². The summed E-state index contributed by atoms with van der Waals surface area (Å²) in [5, 5.41) is 18.8. The van der Waals surface area contributed by atoms with Crippen LogP contribution in [-0.2, 0) is 5.54 Å². The number of hydrogen-bond donors (Lipinski definition) is 2. The second-order valence-corrected chi connectivity index (χ2v) is 8.47. The number of para-hydroxylation sites is 1. The summed E-state index contributed by atoms with van der Waals surface area (Å²) in [7, 11) is 0. The Hall–Kier alpha value is -3.22. The van der Waals surface area contributed by atoms with Gasteiger partial charge in [-0.3, -0.25) is 0 Å². The second kappa shape index (κ2) is 8.26. The number of benzene rings is 2. The maximum atomic E-state index is 12.9. The molecule has 0 unspecified atom stereocenters. The van der Waals surface area contributed by atoms with Gasteiger partial charge in [-0.1, -0.05) is 31.2 Å². The van der Waals surface area contributed by atoms with E-state index in [9.17, 15) is 4.79 Å². The van der Waals surface area contributed by atoms with Gasteiger partial charge in [0.2, 0.25) is 0 Å². The number of rotatable bonds is 4. The molecule has 30 heavy (non-hydrogen) atoms. The number of aromatic nitrogens is 4. The number of urea groups is 1. The molecule has 7 nitrogen and oxygen atoms in total. The van der Waals surface area contributed by atoms with E-state index in [0.29, 0.717) is 11.7 Å². The third-order valence-corrected chi connectivity index (χ3v) is 5.86. The summed E-state index contributed by atoms with van der Waals surface area (Å²) in [5.74, 6) is 1.30. The maximum absolute atomic E-state index is 12.9. The van der Waals surface area contributed by atoms with Crippen LogP contribution in [0.15, 0.2) is 48.5 Å². The van der Waals surface area contributed by atoms with Crippen LogP contribution in [0.1, 0.15) is 49.6 Å². The highest BCUT2D eigenvalue weighted by Crippen LogP contribution is 2.39. The van der Waals surface area contributed by atoms with Gasteiger partial charge in [0.1, 0.15) is 5.54 Å². The number of nitrogens with one attached hydrogen (secondary N) is 2. The summed E-state index contributed by atoms with van der Waals surface area (Å²) >= 11 is 0. The van der Waals surface area contributed by atoms with Crippen LogP contribution >= 0.6 is 0 Å². The number of hydrogen-bond acceptors (Lipinski definition) is 4. The summed E-state index contributed by atoms with van der Waals surface area (Å²) in [6.45, 7) is 6.37. The summed E-state index contributed by atoms with van der Waals surface area (Å²) in [6, 6.07) is 15.5. The van der Waals surface area contributed by atoms with Gasteiger partial charge in [-0.05, 0) is 91.3 Å². The van der Waals surface area contributed by atoms with Gasteiger partial charge >= 0.3 is 6.03 Å². The Balaban J connectivity index is 1.68. The van der Waals surface area contributed by atoms with Crippen molar-refractivity contribution in [3.05, 3.63) is 65.5 Å². The Bertz CT molecular complexity index is 1000. The third-order valence-electron chi connectivity index (χ3n) is 5.86. The Kier molecular flexibility index (Phi) is 5.53. The van der Waals surface area contributed by atoms with Gasteiger partial charge in [0, 0.05) is 5.69 Å². The zero-order chi connectivity index (χ0) is 21.1. The monoisotopic (exact) mass is 404 g/mol. The molecule has 1 aliphatic carbocycles. The van der Waals surface area contributed by atoms with Crippen molar-refractivity contribution in [2.24, 2.45) is 5.92 Å². The molecule has 0 radical (unpaired) electrons. The molecule has 0 saturated heterocycles. The van der Waals surface area contributed by atoms with Crippen molar-refractivity contribution in [3.8, 4) is 5.69 Å². The minimum Gasteiger partial charge on any atom is -0.325 e. The number of aryl methyl sites for hydroxylation is 2. The number of nitrogens with zero attached hydrogens (tertiary/aromatic N) is 4. The Morgan fingerprint density at radius 3 is 2.40 bits per heavy atom. The van der Waals surface area contributed by atoms with Gasteiger partial charge in [0.15, 0.2) is 5.82 Å². The molecule has 1 fully saturated rings. The van der Waals surface area contributed by atoms with Crippen molar-refractivity contribution >= 4 is 11.7 Å². The Morgan fingerprint density at radius 2 is 1.73 bits per heavy atom. The van der Waals surface area contributed by atoms with E-state index >= 15 is 0 Å². The second-order valence-electron chi connectivity index (χ2n) is 8.47. The van der Waals surface area contributed by atoms with Crippen molar-refractivity contribution in [1.29, 1.82) is 0 Å². The molecule has 7 heteroatoms. The highest BCUT2D eigenvalue weighted by Gasteiger charge is 2.42. The minimum atomic E-state index is -0.619. The first-order chi connectivity index (χ1) is 14.4. The van der Waals surface area contributed by atoms with E-state index in [-0.39, 0.29) is 6.03 Å². The van der Waals surface area contributed by atoms with Gasteiger partial charge in [-0.15, -0.1) is 5.10 Å². The third kappa shape index (κ3) is 4.20. The Labute approximate surface area is 176 Å². The number of tetrazole rings is 1. The molecule has 0 atom stereocenters. The summed E-state index contributed by atoms with van der Waals surface area (Å²) in [4.78, 5) is 12.9. The van der Waals surface area contributed by atoms with E-state index < -0.39 is 5.54 Å². The lowest BCUT2D eigenvalue weighted by Crippen LogP contribution is -2.51. The van der Waals surface area contributed by atoms with Crippen molar-refractivity contribution in [2.45, 2.75) is 52.0 Å². The summed E-state index contributed by atoms with van der Waals surface area (Å²) in [5.41, 5.74) is 3.34. The van der Waals surface area contributed by atoms with Crippen molar-refractivity contribution in [1.82, 2.24) is 25.5 Å². The Morgan fingerprint density at radius 1 is 1.07 bits per heavy atom. The van der Waals surface area contributed by atoms with Crippen LogP contribution in [0.3, 0.4) is 0 Å². The lowest BCUT2D eigenvalue weighted by molar-refractivity contribution is 0.182. The van der Waals surface area contributed by atoms with Crippen LogP contribution in [0.4, 0.5) is 10.5 Å². The molecule has 4 rings (SSSR count). The molecular formula is C23H28N6O. The molecule has 156 valence electrons. The molecule has 1 aromatic heterocycles. The van der Waals surface area contributed by atoms with E-state index in [1.165, 1.54) is 0 Å². The highest BCUT2D eigenvalue weighted by atomic mass is 16.2. The molecule has 0 spiro atoms. The molecular weight excluding hydrogens is 376 g/mol. The first-order valence-electron chi connectivity index (χ1n) is 10.5. The quantitative estimate of drug-likeness (QED) is 0.670. The van der Waals surface area contributed by atoms with Crippen LogP contribution in [0, 0.1) is 19.8 Å². The fraction of sp³-hybridized carbons (Fsp3) is 0.391. The number of carbonyl (C=O) groups excluding carboxylic acids is 1. The van der Waals surface area contributed by atoms with E-state index in [1.807, 2.05) is 30.3 Å². The molecule has 1 heterocycles. The zero-order valence-corrected chi connectivity index (χ0v) is 17.7. The molecule has 1 aliphatic rings. The van der Waals surface area contributed by atoms with E-state index in [4.69, 9.17) is 0 Å². The van der Waals surface area contributed by atoms with Gasteiger partial charge < -0.3 is 10.6 Å². The normalized spacial score (nSPS) is 21.2. The molecule has 2 N–H and O–H groups in total. The predicted molar refractivity (Wildman–Crippen MR) is 117 cm³/mol. The minimum absolute atomic E-state index is 0.245. The van der Waals surface area contributed by atoms with Crippen molar-refractivity contribution in [3.63, 3.8) is 0 Å². The van der Waals surface area contributed by atoms with Crippen LogP contribution in [0.5, 0.6) is 0 Å².